The van der Waals surface area contributed by atoms with Gasteiger partial charge < -0.3 is 15.8 Å². The van der Waals surface area contributed by atoms with Crippen LogP contribution in [0.15, 0.2) is 54.9 Å². The zero-order valence-corrected chi connectivity index (χ0v) is 16.3. The van der Waals surface area contributed by atoms with Crippen LogP contribution >= 0.6 is 0 Å². The number of nitrogens with one attached hydrogen (secondary N) is 1. The molecule has 1 aliphatic rings. The van der Waals surface area contributed by atoms with Crippen LogP contribution in [0, 0.1) is 5.82 Å². The topological polar surface area (TPSA) is 90.9 Å². The number of benzene rings is 2. The number of rotatable bonds is 5. The largest absolute Gasteiger partial charge is 0.457 e. The number of aromatic nitrogens is 4. The lowest BCUT2D eigenvalue weighted by Crippen LogP contribution is -2.27. The molecule has 1 fully saturated rings. The van der Waals surface area contributed by atoms with Crippen molar-refractivity contribution in [3.63, 3.8) is 0 Å². The van der Waals surface area contributed by atoms with Crippen LogP contribution in [0.5, 0.6) is 11.5 Å². The van der Waals surface area contributed by atoms with Crippen molar-refractivity contribution in [3.05, 3.63) is 60.7 Å². The number of halogens is 1. The van der Waals surface area contributed by atoms with E-state index < -0.39 is 0 Å². The Morgan fingerprint density at radius 1 is 1.13 bits per heavy atom. The van der Waals surface area contributed by atoms with Crippen molar-refractivity contribution in [2.75, 3.05) is 12.3 Å². The van der Waals surface area contributed by atoms with Crippen LogP contribution in [0.1, 0.15) is 12.8 Å². The van der Waals surface area contributed by atoms with Gasteiger partial charge in [-0.15, -0.1) is 0 Å². The quantitative estimate of drug-likeness (QED) is 0.526. The molecular formula is C22H21FN6O. The van der Waals surface area contributed by atoms with E-state index in [0.29, 0.717) is 23.4 Å². The van der Waals surface area contributed by atoms with Crippen LogP contribution in [0.25, 0.3) is 22.3 Å². The molecule has 0 amide bonds. The minimum atomic E-state index is -0.339. The standard InChI is InChI=1S/C22H21FN6O/c23-15-3-1-5-18(11-15)30-17-8-6-14(7-9-17)20-19-21(24)26-13-27-22(19)29(28-20)12-16-4-2-10-25-16/h1,3,5-9,11,13,16,25H,2,4,10,12H2,(H2,24,26,27)/t16-/m1/s1. The van der Waals surface area contributed by atoms with E-state index in [4.69, 9.17) is 15.6 Å². The van der Waals surface area contributed by atoms with E-state index in [1.165, 1.54) is 24.9 Å². The molecule has 8 heteroatoms. The molecule has 30 heavy (non-hydrogen) atoms. The van der Waals surface area contributed by atoms with E-state index in [2.05, 4.69) is 15.3 Å². The summed E-state index contributed by atoms with van der Waals surface area (Å²) in [6.45, 7) is 1.76. The maximum absolute atomic E-state index is 13.4. The summed E-state index contributed by atoms with van der Waals surface area (Å²) in [7, 11) is 0. The maximum Gasteiger partial charge on any atom is 0.164 e. The number of anilines is 1. The Hall–Kier alpha value is -3.52. The predicted octanol–water partition coefficient (Wildman–Crippen LogP) is 3.76. The Labute approximate surface area is 172 Å². The molecule has 0 aliphatic carbocycles. The van der Waals surface area contributed by atoms with Gasteiger partial charge in [-0.1, -0.05) is 6.07 Å². The first-order chi connectivity index (χ1) is 14.7. The summed E-state index contributed by atoms with van der Waals surface area (Å²) in [5.41, 5.74) is 8.53. The molecule has 0 saturated carbocycles. The van der Waals surface area contributed by atoms with Crippen LogP contribution in [0.3, 0.4) is 0 Å². The lowest BCUT2D eigenvalue weighted by Gasteiger charge is -2.10. The lowest BCUT2D eigenvalue weighted by molar-refractivity contribution is 0.477. The fourth-order valence-corrected chi connectivity index (χ4v) is 3.83. The van der Waals surface area contributed by atoms with Gasteiger partial charge >= 0.3 is 0 Å². The van der Waals surface area contributed by atoms with E-state index in [-0.39, 0.29) is 5.82 Å². The Kier molecular flexibility index (Phi) is 4.76. The summed E-state index contributed by atoms with van der Waals surface area (Å²) < 4.78 is 21.0. The molecule has 152 valence electrons. The third kappa shape index (κ3) is 3.57. The summed E-state index contributed by atoms with van der Waals surface area (Å²) in [6.07, 6.45) is 3.75. The number of nitrogens with zero attached hydrogens (tertiary/aromatic N) is 4. The fourth-order valence-electron chi connectivity index (χ4n) is 3.83. The molecule has 3 heterocycles. The number of hydrogen-bond donors (Lipinski definition) is 2. The first kappa shape index (κ1) is 18.5. The molecule has 0 spiro atoms. The number of nitrogen functional groups attached to an aromatic ring is 1. The average Bonchev–Trinajstić information content (AvgIpc) is 3.38. The number of hydrogen-bond acceptors (Lipinski definition) is 6. The van der Waals surface area contributed by atoms with Crippen LogP contribution in [0.2, 0.25) is 0 Å². The molecule has 1 atom stereocenters. The molecule has 3 N–H and O–H groups in total. The smallest absolute Gasteiger partial charge is 0.164 e. The van der Waals surface area contributed by atoms with Crippen molar-refractivity contribution in [3.8, 4) is 22.8 Å². The highest BCUT2D eigenvalue weighted by Crippen LogP contribution is 2.32. The molecule has 2 aromatic carbocycles. The second-order valence-corrected chi connectivity index (χ2v) is 7.37. The van der Waals surface area contributed by atoms with Gasteiger partial charge in [-0.3, -0.25) is 0 Å². The monoisotopic (exact) mass is 404 g/mol. The zero-order valence-electron chi connectivity index (χ0n) is 16.3. The van der Waals surface area contributed by atoms with Crippen molar-refractivity contribution < 1.29 is 9.13 Å². The molecule has 2 aromatic heterocycles. The van der Waals surface area contributed by atoms with E-state index >= 15 is 0 Å². The number of fused-ring (bicyclic) bond motifs is 1. The van der Waals surface area contributed by atoms with Crippen molar-refractivity contribution in [2.45, 2.75) is 25.4 Å². The van der Waals surface area contributed by atoms with E-state index in [1.807, 2.05) is 28.9 Å². The van der Waals surface area contributed by atoms with Gasteiger partial charge in [0.2, 0.25) is 0 Å². The zero-order chi connectivity index (χ0) is 20.5. The van der Waals surface area contributed by atoms with Crippen LogP contribution in [-0.2, 0) is 6.54 Å². The second-order valence-electron chi connectivity index (χ2n) is 7.37. The predicted molar refractivity (Wildman–Crippen MR) is 113 cm³/mol. The Morgan fingerprint density at radius 2 is 2.00 bits per heavy atom. The molecular weight excluding hydrogens is 383 g/mol. The molecule has 0 radical (unpaired) electrons. The molecule has 7 nitrogen and oxygen atoms in total. The SMILES string of the molecule is Nc1ncnc2c1c(-c1ccc(Oc3cccc(F)c3)cc1)nn2C[C@H]1CCCN1. The third-order valence-corrected chi connectivity index (χ3v) is 5.27. The Bertz CT molecular complexity index is 1180. The van der Waals surface area contributed by atoms with Gasteiger partial charge in [-0.2, -0.15) is 5.10 Å². The highest BCUT2D eigenvalue weighted by molar-refractivity contribution is 5.98. The van der Waals surface area contributed by atoms with Gasteiger partial charge in [0, 0.05) is 17.7 Å². The molecule has 5 rings (SSSR count). The van der Waals surface area contributed by atoms with Gasteiger partial charge in [-0.05, 0) is 55.8 Å². The van der Waals surface area contributed by atoms with Crippen LogP contribution in [-0.4, -0.2) is 32.3 Å². The minimum absolute atomic E-state index is 0.339. The molecule has 0 unspecified atom stereocenters. The summed E-state index contributed by atoms with van der Waals surface area (Å²) in [6, 6.07) is 13.9. The van der Waals surface area contributed by atoms with E-state index in [0.717, 1.165) is 41.8 Å². The highest BCUT2D eigenvalue weighted by atomic mass is 19.1. The minimum Gasteiger partial charge on any atom is -0.457 e. The fraction of sp³-hybridized carbons (Fsp3) is 0.227. The van der Waals surface area contributed by atoms with Gasteiger partial charge in [0.15, 0.2) is 5.65 Å². The van der Waals surface area contributed by atoms with Gasteiger partial charge in [0.05, 0.1) is 11.9 Å². The normalized spacial score (nSPS) is 16.2. The first-order valence-corrected chi connectivity index (χ1v) is 9.91. The van der Waals surface area contributed by atoms with E-state index in [9.17, 15) is 4.39 Å². The van der Waals surface area contributed by atoms with Gasteiger partial charge in [0.1, 0.15) is 35.2 Å². The van der Waals surface area contributed by atoms with Crippen LogP contribution in [0.4, 0.5) is 10.2 Å². The van der Waals surface area contributed by atoms with E-state index in [1.54, 1.807) is 12.1 Å². The maximum atomic E-state index is 13.4. The van der Waals surface area contributed by atoms with Crippen molar-refractivity contribution >= 4 is 16.9 Å². The first-order valence-electron chi connectivity index (χ1n) is 9.91. The molecule has 4 aromatic rings. The lowest BCUT2D eigenvalue weighted by atomic mass is 10.1. The summed E-state index contributed by atoms with van der Waals surface area (Å²) in [5.74, 6) is 1.11. The molecule has 0 bridgehead atoms. The second kappa shape index (κ2) is 7.72. The van der Waals surface area contributed by atoms with Gasteiger partial charge in [0.25, 0.3) is 0 Å². The Morgan fingerprint density at radius 3 is 2.77 bits per heavy atom. The van der Waals surface area contributed by atoms with Crippen molar-refractivity contribution in [2.24, 2.45) is 0 Å². The highest BCUT2D eigenvalue weighted by Gasteiger charge is 2.21. The van der Waals surface area contributed by atoms with Crippen molar-refractivity contribution in [1.29, 1.82) is 0 Å². The average molecular weight is 404 g/mol. The summed E-state index contributed by atoms with van der Waals surface area (Å²) >= 11 is 0. The Balaban J connectivity index is 1.48. The number of nitrogens with two attached hydrogens (primary N) is 1. The van der Waals surface area contributed by atoms with Gasteiger partial charge in [-0.25, -0.2) is 19.0 Å². The number of ether oxygens (including phenoxy) is 1. The third-order valence-electron chi connectivity index (χ3n) is 5.27. The van der Waals surface area contributed by atoms with Crippen LogP contribution < -0.4 is 15.8 Å². The summed E-state index contributed by atoms with van der Waals surface area (Å²) in [4.78, 5) is 8.59. The van der Waals surface area contributed by atoms with Crippen molar-refractivity contribution in [1.82, 2.24) is 25.1 Å². The molecule has 1 aliphatic heterocycles. The molecule has 1 saturated heterocycles. The summed E-state index contributed by atoms with van der Waals surface area (Å²) in [5, 5.41) is 9.05.